The molecule has 1 aromatic heterocycles. The molecule has 0 atom stereocenters. The summed E-state index contributed by atoms with van der Waals surface area (Å²) in [5, 5.41) is 11.2. The number of rotatable bonds is 6. The summed E-state index contributed by atoms with van der Waals surface area (Å²) < 4.78 is 22.4. The van der Waals surface area contributed by atoms with Gasteiger partial charge in [0.15, 0.2) is 5.96 Å². The van der Waals surface area contributed by atoms with Crippen molar-refractivity contribution in [3.05, 3.63) is 29.7 Å². The Labute approximate surface area is 140 Å². The molecule has 0 aliphatic heterocycles. The van der Waals surface area contributed by atoms with Gasteiger partial charge in [0, 0.05) is 18.0 Å². The highest BCUT2D eigenvalue weighted by atomic mass is 127. The van der Waals surface area contributed by atoms with Crippen molar-refractivity contribution >= 4 is 51.3 Å². The Bertz CT molecular complexity index is 555. The van der Waals surface area contributed by atoms with Gasteiger partial charge >= 0.3 is 0 Å². The Morgan fingerprint density at radius 3 is 2.70 bits per heavy atom. The van der Waals surface area contributed by atoms with Gasteiger partial charge in [-0.25, -0.2) is 18.5 Å². The quantitative estimate of drug-likeness (QED) is 0.274. The van der Waals surface area contributed by atoms with Gasteiger partial charge in [0.25, 0.3) is 0 Å². The zero-order valence-electron chi connectivity index (χ0n) is 11.1. The molecule has 0 aliphatic carbocycles. The van der Waals surface area contributed by atoms with Gasteiger partial charge in [-0.2, -0.15) is 0 Å². The predicted molar refractivity (Wildman–Crippen MR) is 94.1 cm³/mol. The molecule has 0 spiro atoms. The first kappa shape index (κ1) is 19.4. The molecule has 0 saturated heterocycles. The summed E-state index contributed by atoms with van der Waals surface area (Å²) in [5.74, 6) is 0.660. The SMILES string of the molecule is C=CCNC(=NCc1ccc(S(N)(=O)=O)s1)NCC.I. The number of guanidine groups is 1. The van der Waals surface area contributed by atoms with E-state index < -0.39 is 10.0 Å². The van der Waals surface area contributed by atoms with E-state index in [4.69, 9.17) is 5.14 Å². The lowest BCUT2D eigenvalue weighted by Gasteiger charge is -2.08. The average molecular weight is 430 g/mol. The van der Waals surface area contributed by atoms with Gasteiger partial charge in [0.1, 0.15) is 4.21 Å². The number of halogens is 1. The van der Waals surface area contributed by atoms with E-state index in [2.05, 4.69) is 22.2 Å². The van der Waals surface area contributed by atoms with E-state index in [0.717, 1.165) is 22.8 Å². The van der Waals surface area contributed by atoms with E-state index in [1.54, 1.807) is 12.1 Å². The van der Waals surface area contributed by atoms with Crippen LogP contribution in [0.3, 0.4) is 0 Å². The van der Waals surface area contributed by atoms with E-state index in [9.17, 15) is 8.42 Å². The summed E-state index contributed by atoms with van der Waals surface area (Å²) >= 11 is 1.13. The van der Waals surface area contributed by atoms with E-state index in [1.165, 1.54) is 6.07 Å². The normalized spacial score (nSPS) is 11.6. The third-order valence-corrected chi connectivity index (χ3v) is 4.58. The van der Waals surface area contributed by atoms with Crippen molar-refractivity contribution in [2.45, 2.75) is 17.7 Å². The predicted octanol–water partition coefficient (Wildman–Crippen LogP) is 1.25. The molecule has 0 unspecified atom stereocenters. The maximum Gasteiger partial charge on any atom is 0.247 e. The van der Waals surface area contributed by atoms with Gasteiger partial charge in [0.05, 0.1) is 6.54 Å². The third kappa shape index (κ3) is 6.68. The van der Waals surface area contributed by atoms with Gasteiger partial charge < -0.3 is 10.6 Å². The highest BCUT2D eigenvalue weighted by Gasteiger charge is 2.10. The zero-order valence-corrected chi connectivity index (χ0v) is 15.1. The van der Waals surface area contributed by atoms with Crippen LogP contribution in [0.5, 0.6) is 0 Å². The second-order valence-electron chi connectivity index (χ2n) is 3.63. The minimum atomic E-state index is -3.62. The molecule has 9 heteroatoms. The topological polar surface area (TPSA) is 96.6 Å². The molecule has 0 radical (unpaired) electrons. The minimum Gasteiger partial charge on any atom is -0.357 e. The Kier molecular flexibility index (Phi) is 9.01. The van der Waals surface area contributed by atoms with Crippen molar-refractivity contribution in [1.82, 2.24) is 10.6 Å². The number of nitrogens with two attached hydrogens (primary N) is 1. The Balaban J connectivity index is 0.00000361. The lowest BCUT2D eigenvalue weighted by Crippen LogP contribution is -2.37. The van der Waals surface area contributed by atoms with Crippen LogP contribution in [-0.4, -0.2) is 27.5 Å². The number of sulfonamides is 1. The molecule has 0 saturated carbocycles. The minimum absolute atomic E-state index is 0. The summed E-state index contributed by atoms with van der Waals surface area (Å²) in [4.78, 5) is 5.17. The van der Waals surface area contributed by atoms with Crippen LogP contribution in [-0.2, 0) is 16.6 Å². The number of thiophene rings is 1. The molecule has 1 heterocycles. The third-order valence-electron chi connectivity index (χ3n) is 2.07. The van der Waals surface area contributed by atoms with Crippen molar-refractivity contribution in [3.8, 4) is 0 Å². The first-order valence-corrected chi connectivity index (χ1v) is 8.08. The molecule has 0 aromatic carbocycles. The zero-order chi connectivity index (χ0) is 14.3. The Morgan fingerprint density at radius 2 is 2.20 bits per heavy atom. The highest BCUT2D eigenvalue weighted by molar-refractivity contribution is 14.0. The van der Waals surface area contributed by atoms with Gasteiger partial charge in [-0.05, 0) is 19.1 Å². The number of aliphatic imine (C=N–C) groups is 1. The first-order valence-electron chi connectivity index (χ1n) is 5.72. The number of nitrogens with zero attached hydrogens (tertiary/aromatic N) is 1. The summed E-state index contributed by atoms with van der Waals surface area (Å²) in [6.07, 6.45) is 1.73. The summed E-state index contributed by atoms with van der Waals surface area (Å²) in [6.45, 7) is 7.34. The highest BCUT2D eigenvalue weighted by Crippen LogP contribution is 2.20. The lowest BCUT2D eigenvalue weighted by atomic mass is 10.5. The van der Waals surface area contributed by atoms with Gasteiger partial charge in [-0.3, -0.25) is 0 Å². The molecule has 1 aromatic rings. The fraction of sp³-hybridized carbons (Fsp3) is 0.364. The fourth-order valence-corrected chi connectivity index (χ4v) is 2.97. The standard InChI is InChI=1S/C11H18N4O2S2.HI/c1-3-7-14-11(13-4-2)15-8-9-5-6-10(18-9)19(12,16)17;/h3,5-6H,1,4,7-8H2,2H3,(H2,12,16,17)(H2,13,14,15);1H. The molecular formula is C11H19IN4O2S2. The van der Waals surface area contributed by atoms with Crippen LogP contribution in [0.2, 0.25) is 0 Å². The van der Waals surface area contributed by atoms with E-state index >= 15 is 0 Å². The second kappa shape index (κ2) is 9.32. The summed E-state index contributed by atoms with van der Waals surface area (Å²) in [7, 11) is -3.62. The number of nitrogens with one attached hydrogen (secondary N) is 2. The molecule has 0 fully saturated rings. The average Bonchev–Trinajstić information content (AvgIpc) is 2.81. The van der Waals surface area contributed by atoms with Gasteiger partial charge in [-0.1, -0.05) is 6.08 Å². The Morgan fingerprint density at radius 1 is 1.50 bits per heavy atom. The molecule has 0 aliphatic rings. The van der Waals surface area contributed by atoms with Crippen LogP contribution in [0.15, 0.2) is 34.0 Å². The van der Waals surface area contributed by atoms with Crippen LogP contribution in [0.4, 0.5) is 0 Å². The van der Waals surface area contributed by atoms with Crippen molar-refractivity contribution in [3.63, 3.8) is 0 Å². The Hall–Kier alpha value is -0.650. The lowest BCUT2D eigenvalue weighted by molar-refractivity contribution is 0.600. The van der Waals surface area contributed by atoms with Crippen LogP contribution >= 0.6 is 35.3 Å². The maximum absolute atomic E-state index is 11.1. The molecule has 4 N–H and O–H groups in total. The van der Waals surface area contributed by atoms with Gasteiger partial charge in [0.2, 0.25) is 10.0 Å². The summed E-state index contributed by atoms with van der Waals surface area (Å²) in [5.41, 5.74) is 0. The molecule has 114 valence electrons. The maximum atomic E-state index is 11.1. The van der Waals surface area contributed by atoms with Crippen molar-refractivity contribution in [2.75, 3.05) is 13.1 Å². The van der Waals surface area contributed by atoms with E-state index in [-0.39, 0.29) is 28.2 Å². The molecule has 1 rings (SSSR count). The van der Waals surface area contributed by atoms with Crippen molar-refractivity contribution in [2.24, 2.45) is 10.1 Å². The summed E-state index contributed by atoms with van der Waals surface area (Å²) in [6, 6.07) is 3.21. The molecule has 0 amide bonds. The monoisotopic (exact) mass is 430 g/mol. The fourth-order valence-electron chi connectivity index (χ4n) is 1.26. The molecule has 0 bridgehead atoms. The number of hydrogen-bond donors (Lipinski definition) is 3. The van der Waals surface area contributed by atoms with Gasteiger partial charge in [-0.15, -0.1) is 41.9 Å². The van der Waals surface area contributed by atoms with Crippen LogP contribution in [0.1, 0.15) is 11.8 Å². The van der Waals surface area contributed by atoms with Crippen LogP contribution < -0.4 is 15.8 Å². The molecule has 20 heavy (non-hydrogen) atoms. The smallest absolute Gasteiger partial charge is 0.247 e. The largest absolute Gasteiger partial charge is 0.357 e. The molecule has 6 nitrogen and oxygen atoms in total. The van der Waals surface area contributed by atoms with Crippen molar-refractivity contribution < 1.29 is 8.42 Å². The first-order chi connectivity index (χ1) is 8.97. The van der Waals surface area contributed by atoms with Crippen LogP contribution in [0, 0.1) is 0 Å². The van der Waals surface area contributed by atoms with Crippen molar-refractivity contribution in [1.29, 1.82) is 0 Å². The van der Waals surface area contributed by atoms with E-state index in [0.29, 0.717) is 19.0 Å². The number of primary sulfonamides is 1. The number of hydrogen-bond acceptors (Lipinski definition) is 4. The van der Waals surface area contributed by atoms with E-state index in [1.807, 2.05) is 6.92 Å². The second-order valence-corrected chi connectivity index (χ2v) is 6.59. The molecular weight excluding hydrogens is 411 g/mol. The van der Waals surface area contributed by atoms with Crippen LogP contribution in [0.25, 0.3) is 0 Å².